The van der Waals surface area contributed by atoms with E-state index in [1.807, 2.05) is 7.05 Å². The van der Waals surface area contributed by atoms with Crippen LogP contribution in [0, 0.1) is 24.2 Å². The van der Waals surface area contributed by atoms with Gasteiger partial charge in [-0.25, -0.2) is 0 Å². The number of hydrogen-bond donors (Lipinski definition) is 2. The molecule has 0 spiro atoms. The fourth-order valence-electron chi connectivity index (χ4n) is 3.25. The highest BCUT2D eigenvalue weighted by Crippen LogP contribution is 2.37. The summed E-state index contributed by atoms with van der Waals surface area (Å²) in [4.78, 5) is 11.6. The van der Waals surface area contributed by atoms with Crippen LogP contribution in [0.25, 0.3) is 0 Å². The predicted molar refractivity (Wildman–Crippen MR) is 81.2 cm³/mol. The summed E-state index contributed by atoms with van der Waals surface area (Å²) in [6.07, 6.45) is 6.56. The Morgan fingerprint density at radius 2 is 2.00 bits per heavy atom. The third kappa shape index (κ3) is 3.16. The zero-order valence-corrected chi connectivity index (χ0v) is 13.5. The largest absolute Gasteiger partial charge is 0.369 e. The van der Waals surface area contributed by atoms with Gasteiger partial charge in [0, 0.05) is 6.92 Å². The van der Waals surface area contributed by atoms with Crippen molar-refractivity contribution in [2.45, 2.75) is 64.8 Å². The lowest BCUT2D eigenvalue weighted by atomic mass is 9.79. The molecule has 1 amide bonds. The minimum absolute atomic E-state index is 0.00954. The molecular formula is C16H28N2O2. The first kappa shape index (κ1) is 17.0. The Morgan fingerprint density at radius 3 is 2.35 bits per heavy atom. The number of carbonyl (C=O) groups excluding carboxylic acids is 1. The number of nitrogens with one attached hydrogen (secondary N) is 2. The molecule has 1 fully saturated rings. The number of hydrogen-bond acceptors (Lipinski definition) is 3. The van der Waals surface area contributed by atoms with Gasteiger partial charge in [-0.05, 0) is 25.3 Å². The van der Waals surface area contributed by atoms with Crippen LogP contribution in [0.15, 0.2) is 0 Å². The second-order valence-corrected chi connectivity index (χ2v) is 6.43. The normalized spacial score (nSPS) is 33.5. The second kappa shape index (κ2) is 6.60. The minimum atomic E-state index is -0.783. The first-order chi connectivity index (χ1) is 9.28. The van der Waals surface area contributed by atoms with Crippen LogP contribution in [0.4, 0.5) is 0 Å². The average Bonchev–Trinajstić information content (AvgIpc) is 2.61. The standard InChI is InChI=1S/C16H28N2O2/c1-8-16(18-12(6)19)14(17-7)13(9-10(2)3)20-15(16)11(4)5/h1,10-11,13-15,17H,9H2,2-7H3,(H,18,19)/t13-,14+,15+,16-/m1/s1. The fourth-order valence-corrected chi connectivity index (χ4v) is 3.25. The van der Waals surface area contributed by atoms with Crippen molar-refractivity contribution >= 4 is 5.91 Å². The molecule has 2 N–H and O–H groups in total. The van der Waals surface area contributed by atoms with Crippen molar-refractivity contribution in [2.24, 2.45) is 11.8 Å². The summed E-state index contributed by atoms with van der Waals surface area (Å²) >= 11 is 0. The zero-order valence-electron chi connectivity index (χ0n) is 13.5. The maximum Gasteiger partial charge on any atom is 0.218 e. The van der Waals surface area contributed by atoms with E-state index in [-0.39, 0.29) is 30.1 Å². The summed E-state index contributed by atoms with van der Waals surface area (Å²) in [6, 6.07) is -0.0776. The third-order valence-electron chi connectivity index (χ3n) is 3.87. The van der Waals surface area contributed by atoms with Crippen LogP contribution in [0.1, 0.15) is 41.0 Å². The maximum absolute atomic E-state index is 11.6. The van der Waals surface area contributed by atoms with Crippen LogP contribution < -0.4 is 10.6 Å². The molecular weight excluding hydrogens is 252 g/mol. The van der Waals surface area contributed by atoms with Gasteiger partial charge in [0.2, 0.25) is 5.91 Å². The zero-order chi connectivity index (χ0) is 15.5. The Hall–Kier alpha value is -1.05. The lowest BCUT2D eigenvalue weighted by Crippen LogP contribution is -2.64. The summed E-state index contributed by atoms with van der Waals surface area (Å²) in [6.45, 7) is 9.97. The van der Waals surface area contributed by atoms with Gasteiger partial charge >= 0.3 is 0 Å². The van der Waals surface area contributed by atoms with Gasteiger partial charge in [0.25, 0.3) is 0 Å². The highest BCUT2D eigenvalue weighted by molar-refractivity contribution is 5.75. The van der Waals surface area contributed by atoms with E-state index in [1.165, 1.54) is 6.92 Å². The highest BCUT2D eigenvalue weighted by atomic mass is 16.5. The van der Waals surface area contributed by atoms with Crippen molar-refractivity contribution < 1.29 is 9.53 Å². The van der Waals surface area contributed by atoms with Gasteiger partial charge in [-0.3, -0.25) is 4.79 Å². The molecule has 0 aromatic rings. The number of likely N-dealkylation sites (N-methyl/N-ethyl adjacent to an activating group) is 1. The highest BCUT2D eigenvalue weighted by Gasteiger charge is 2.56. The topological polar surface area (TPSA) is 50.4 Å². The minimum Gasteiger partial charge on any atom is -0.369 e. The Labute approximate surface area is 123 Å². The Bertz CT molecular complexity index is 386. The van der Waals surface area contributed by atoms with Crippen LogP contribution in [0.3, 0.4) is 0 Å². The molecule has 0 unspecified atom stereocenters. The van der Waals surface area contributed by atoms with E-state index in [9.17, 15) is 4.79 Å². The molecule has 1 aliphatic heterocycles. The third-order valence-corrected chi connectivity index (χ3v) is 3.87. The van der Waals surface area contributed by atoms with E-state index in [0.717, 1.165) is 6.42 Å². The van der Waals surface area contributed by atoms with Crippen molar-refractivity contribution in [1.82, 2.24) is 10.6 Å². The summed E-state index contributed by atoms with van der Waals surface area (Å²) in [5.74, 6) is 3.44. The molecule has 4 atom stereocenters. The summed E-state index contributed by atoms with van der Waals surface area (Å²) in [7, 11) is 1.87. The molecule has 0 aliphatic carbocycles. The van der Waals surface area contributed by atoms with Gasteiger partial charge in [-0.2, -0.15) is 0 Å². The number of ether oxygens (including phenoxy) is 1. The number of carbonyl (C=O) groups is 1. The van der Waals surface area contributed by atoms with Crippen molar-refractivity contribution in [3.05, 3.63) is 0 Å². The van der Waals surface area contributed by atoms with Gasteiger partial charge in [0.15, 0.2) is 0 Å². The molecule has 0 saturated carbocycles. The molecule has 1 rings (SSSR count). The molecule has 4 heteroatoms. The summed E-state index contributed by atoms with van der Waals surface area (Å²) in [5.41, 5.74) is -0.783. The van der Waals surface area contributed by atoms with Gasteiger partial charge in [-0.15, -0.1) is 6.42 Å². The first-order valence-corrected chi connectivity index (χ1v) is 7.37. The van der Waals surface area contributed by atoms with Crippen LogP contribution >= 0.6 is 0 Å². The predicted octanol–water partition coefficient (Wildman–Crippen LogP) is 1.55. The van der Waals surface area contributed by atoms with Crippen LogP contribution in [-0.2, 0) is 9.53 Å². The number of rotatable bonds is 5. The molecule has 0 bridgehead atoms. The van der Waals surface area contributed by atoms with E-state index < -0.39 is 5.54 Å². The molecule has 0 aromatic carbocycles. The van der Waals surface area contributed by atoms with Gasteiger partial charge in [0.1, 0.15) is 5.54 Å². The molecule has 1 heterocycles. The maximum atomic E-state index is 11.6. The SMILES string of the molecule is C#C[C@]1(NC(C)=O)[C@H](C(C)C)O[C@H](CC(C)C)[C@@H]1NC. The lowest BCUT2D eigenvalue weighted by molar-refractivity contribution is -0.121. The molecule has 0 aromatic heterocycles. The molecule has 1 saturated heterocycles. The van der Waals surface area contributed by atoms with Crippen LogP contribution in [0.2, 0.25) is 0 Å². The van der Waals surface area contributed by atoms with E-state index >= 15 is 0 Å². The Balaban J connectivity index is 3.18. The van der Waals surface area contributed by atoms with Gasteiger partial charge < -0.3 is 15.4 Å². The molecule has 4 nitrogen and oxygen atoms in total. The molecule has 0 radical (unpaired) electrons. The van der Waals surface area contributed by atoms with E-state index in [1.54, 1.807) is 0 Å². The molecule has 20 heavy (non-hydrogen) atoms. The smallest absolute Gasteiger partial charge is 0.218 e. The van der Waals surface area contributed by atoms with E-state index in [0.29, 0.717) is 5.92 Å². The first-order valence-electron chi connectivity index (χ1n) is 7.37. The molecule has 1 aliphatic rings. The van der Waals surface area contributed by atoms with Crippen molar-refractivity contribution in [3.8, 4) is 12.3 Å². The second-order valence-electron chi connectivity index (χ2n) is 6.43. The molecule has 114 valence electrons. The van der Waals surface area contributed by atoms with Crippen molar-refractivity contribution in [3.63, 3.8) is 0 Å². The quantitative estimate of drug-likeness (QED) is 0.751. The number of terminal acetylenes is 1. The van der Waals surface area contributed by atoms with Gasteiger partial charge in [0.05, 0.1) is 18.2 Å². The van der Waals surface area contributed by atoms with E-state index in [4.69, 9.17) is 11.2 Å². The van der Waals surface area contributed by atoms with Crippen LogP contribution in [-0.4, -0.2) is 36.7 Å². The average molecular weight is 280 g/mol. The Morgan fingerprint density at radius 1 is 1.40 bits per heavy atom. The van der Waals surface area contributed by atoms with Crippen molar-refractivity contribution in [2.75, 3.05) is 7.05 Å². The van der Waals surface area contributed by atoms with E-state index in [2.05, 4.69) is 44.2 Å². The fraction of sp³-hybridized carbons (Fsp3) is 0.812. The number of amides is 1. The van der Waals surface area contributed by atoms with Gasteiger partial charge in [-0.1, -0.05) is 33.6 Å². The van der Waals surface area contributed by atoms with Crippen LogP contribution in [0.5, 0.6) is 0 Å². The summed E-state index contributed by atoms with van der Waals surface area (Å²) in [5, 5.41) is 6.25. The monoisotopic (exact) mass is 280 g/mol. The Kier molecular flexibility index (Phi) is 5.61. The summed E-state index contributed by atoms with van der Waals surface area (Å²) < 4.78 is 6.23. The van der Waals surface area contributed by atoms with Crippen molar-refractivity contribution in [1.29, 1.82) is 0 Å². The lowest BCUT2D eigenvalue weighted by Gasteiger charge is -2.36.